The molecule has 0 aliphatic rings. The lowest BCUT2D eigenvalue weighted by Gasteiger charge is -2.18. The Balaban J connectivity index is 2.04. The van der Waals surface area contributed by atoms with Gasteiger partial charge in [0, 0.05) is 18.5 Å². The topological polar surface area (TPSA) is 23.5 Å². The molecule has 0 heterocycles. The smallest absolute Gasteiger partial charge is 0.0962 e. The summed E-state index contributed by atoms with van der Waals surface area (Å²) >= 11 is 0. The fraction of sp³-hybridized carbons (Fsp3) is 0.333. The predicted octanol–water partition coefficient (Wildman–Crippen LogP) is 4.20. The van der Waals surface area contributed by atoms with Gasteiger partial charge in [-0.2, -0.15) is 0 Å². The lowest BCUT2D eigenvalue weighted by molar-refractivity contribution is 0.113. The van der Waals surface area contributed by atoms with E-state index in [1.54, 1.807) is 0 Å². The van der Waals surface area contributed by atoms with Crippen LogP contribution in [0.1, 0.15) is 26.3 Å². The van der Waals surface area contributed by atoms with Crippen LogP contribution in [-0.4, -0.2) is 23.3 Å². The summed E-state index contributed by atoms with van der Waals surface area (Å²) in [5, 5.41) is 12.1. The van der Waals surface area contributed by atoms with Crippen molar-refractivity contribution in [1.82, 2.24) is 4.90 Å². The van der Waals surface area contributed by atoms with Gasteiger partial charge in [-0.15, -0.1) is 0 Å². The van der Waals surface area contributed by atoms with Gasteiger partial charge >= 0.3 is 0 Å². The molecule has 0 saturated carbocycles. The predicted molar refractivity (Wildman–Crippen MR) is 97.8 cm³/mol. The molecule has 2 heteroatoms. The molecule has 0 atom stereocenters. The number of aliphatic hydroxyl groups excluding tert-OH is 1. The first-order valence-electron chi connectivity index (χ1n) is 7.97. The molecule has 0 amide bonds. The second-order valence-electron chi connectivity index (χ2n) is 6.71. The minimum Gasteiger partial charge on any atom is -0.381 e. The molecule has 0 bridgehead atoms. The fourth-order valence-corrected chi connectivity index (χ4v) is 2.36. The van der Waals surface area contributed by atoms with E-state index in [9.17, 15) is 5.11 Å². The number of aliphatic hydroxyl groups is 1. The van der Waals surface area contributed by atoms with Gasteiger partial charge in [-0.05, 0) is 43.2 Å². The van der Waals surface area contributed by atoms with E-state index in [1.807, 2.05) is 23.1 Å². The van der Waals surface area contributed by atoms with E-state index in [0.717, 1.165) is 6.54 Å². The quantitative estimate of drug-likeness (QED) is 0.661. The summed E-state index contributed by atoms with van der Waals surface area (Å²) < 4.78 is 0. The van der Waals surface area contributed by atoms with Gasteiger partial charge in [-0.1, -0.05) is 60.4 Å². The maximum atomic E-state index is 9.60. The molecule has 120 valence electrons. The highest BCUT2D eigenvalue weighted by Gasteiger charge is 2.06. The zero-order chi connectivity index (χ0) is 16.7. The first kappa shape index (κ1) is 17.3. The molecule has 2 aromatic carbocycles. The maximum absolute atomic E-state index is 9.60. The van der Waals surface area contributed by atoms with Crippen LogP contribution in [0.15, 0.2) is 54.6 Å². The minimum absolute atomic E-state index is 0.0178. The molecule has 0 unspecified atom stereocenters. The van der Waals surface area contributed by atoms with Gasteiger partial charge in [0.05, 0.1) is 6.73 Å². The van der Waals surface area contributed by atoms with Gasteiger partial charge in [-0.3, -0.25) is 4.90 Å². The molecule has 0 radical (unpaired) electrons. The largest absolute Gasteiger partial charge is 0.381 e. The van der Waals surface area contributed by atoms with Crippen LogP contribution in [0.4, 0.5) is 0 Å². The Labute approximate surface area is 139 Å². The fourth-order valence-electron chi connectivity index (χ4n) is 2.36. The van der Waals surface area contributed by atoms with Crippen LogP contribution in [0.25, 0.3) is 10.8 Å². The normalized spacial score (nSPS) is 11.9. The standard InChI is InChI=1S/C21H25NO/c1-21(2,3)14-7-4-8-15-22(17-23)16-19-12-9-11-18-10-5-6-13-20(18)19/h4-6,8-13,23H,15-17H2,1-3H3. The van der Waals surface area contributed by atoms with Crippen molar-refractivity contribution in [3.63, 3.8) is 0 Å². The van der Waals surface area contributed by atoms with Crippen LogP contribution in [0.3, 0.4) is 0 Å². The van der Waals surface area contributed by atoms with E-state index in [-0.39, 0.29) is 12.1 Å². The molecule has 0 aliphatic carbocycles. The van der Waals surface area contributed by atoms with Crippen molar-refractivity contribution < 1.29 is 5.11 Å². The Bertz CT molecular complexity index is 723. The molecule has 0 aliphatic heterocycles. The average molecular weight is 307 g/mol. The number of hydrogen-bond acceptors (Lipinski definition) is 2. The van der Waals surface area contributed by atoms with Crippen LogP contribution in [0, 0.1) is 17.3 Å². The lowest BCUT2D eigenvalue weighted by atomic mass is 9.98. The summed E-state index contributed by atoms with van der Waals surface area (Å²) in [6, 6.07) is 14.6. The van der Waals surface area contributed by atoms with Crippen LogP contribution >= 0.6 is 0 Å². The molecule has 2 rings (SSSR count). The molecule has 0 spiro atoms. The monoisotopic (exact) mass is 307 g/mol. The number of allylic oxidation sites excluding steroid dienone is 1. The average Bonchev–Trinajstić information content (AvgIpc) is 2.52. The maximum Gasteiger partial charge on any atom is 0.0962 e. The SMILES string of the molecule is CC(C)(C)C#CC=CCN(CO)Cc1cccc2ccccc12. The highest BCUT2D eigenvalue weighted by atomic mass is 16.3. The molecular weight excluding hydrogens is 282 g/mol. The number of rotatable bonds is 5. The number of nitrogens with zero attached hydrogens (tertiary/aromatic N) is 1. The van der Waals surface area contributed by atoms with Crippen molar-refractivity contribution in [2.24, 2.45) is 5.41 Å². The first-order chi connectivity index (χ1) is 11.0. The zero-order valence-electron chi connectivity index (χ0n) is 14.2. The van der Waals surface area contributed by atoms with Gasteiger partial charge < -0.3 is 5.11 Å². The summed E-state index contributed by atoms with van der Waals surface area (Å²) in [7, 11) is 0. The molecule has 2 nitrogen and oxygen atoms in total. The highest BCUT2D eigenvalue weighted by Crippen LogP contribution is 2.19. The third-order valence-electron chi connectivity index (χ3n) is 3.49. The second kappa shape index (κ2) is 7.97. The first-order valence-corrected chi connectivity index (χ1v) is 7.97. The zero-order valence-corrected chi connectivity index (χ0v) is 14.2. The van der Waals surface area contributed by atoms with Crippen molar-refractivity contribution >= 4 is 10.8 Å². The molecule has 2 aromatic rings. The van der Waals surface area contributed by atoms with E-state index in [0.29, 0.717) is 6.54 Å². The van der Waals surface area contributed by atoms with Crippen molar-refractivity contribution in [3.8, 4) is 11.8 Å². The van der Waals surface area contributed by atoms with Gasteiger partial charge in [0.25, 0.3) is 0 Å². The van der Waals surface area contributed by atoms with Gasteiger partial charge in [0.15, 0.2) is 0 Å². The van der Waals surface area contributed by atoms with E-state index in [2.05, 4.69) is 69.0 Å². The third-order valence-corrected chi connectivity index (χ3v) is 3.49. The Morgan fingerprint density at radius 3 is 2.57 bits per heavy atom. The number of fused-ring (bicyclic) bond motifs is 1. The summed E-state index contributed by atoms with van der Waals surface area (Å²) in [5.41, 5.74) is 1.25. The summed E-state index contributed by atoms with van der Waals surface area (Å²) in [6.45, 7) is 7.70. The van der Waals surface area contributed by atoms with E-state index >= 15 is 0 Å². The Morgan fingerprint density at radius 2 is 1.83 bits per heavy atom. The van der Waals surface area contributed by atoms with Crippen LogP contribution < -0.4 is 0 Å². The van der Waals surface area contributed by atoms with Crippen molar-refractivity contribution in [3.05, 3.63) is 60.2 Å². The molecule has 1 N–H and O–H groups in total. The number of benzene rings is 2. The number of hydrogen-bond donors (Lipinski definition) is 1. The van der Waals surface area contributed by atoms with Gasteiger partial charge in [0.2, 0.25) is 0 Å². The Kier molecular flexibility index (Phi) is 5.98. The summed E-state index contributed by atoms with van der Waals surface area (Å²) in [6.07, 6.45) is 3.87. The second-order valence-corrected chi connectivity index (χ2v) is 6.71. The van der Waals surface area contributed by atoms with Crippen LogP contribution in [0.5, 0.6) is 0 Å². The van der Waals surface area contributed by atoms with Crippen molar-refractivity contribution in [2.75, 3.05) is 13.3 Å². The summed E-state index contributed by atoms with van der Waals surface area (Å²) in [5.74, 6) is 6.23. The lowest BCUT2D eigenvalue weighted by Crippen LogP contribution is -2.24. The summed E-state index contributed by atoms with van der Waals surface area (Å²) in [4.78, 5) is 1.98. The molecule has 0 aromatic heterocycles. The molecular formula is C21H25NO. The van der Waals surface area contributed by atoms with Crippen LogP contribution in [0.2, 0.25) is 0 Å². The molecule has 0 fully saturated rings. The highest BCUT2D eigenvalue weighted by molar-refractivity contribution is 5.85. The van der Waals surface area contributed by atoms with Gasteiger partial charge in [-0.25, -0.2) is 0 Å². The molecule has 0 saturated heterocycles. The van der Waals surface area contributed by atoms with Crippen LogP contribution in [-0.2, 0) is 6.54 Å². The van der Waals surface area contributed by atoms with E-state index < -0.39 is 0 Å². The van der Waals surface area contributed by atoms with E-state index in [4.69, 9.17) is 0 Å². The van der Waals surface area contributed by atoms with Gasteiger partial charge in [0.1, 0.15) is 0 Å². The van der Waals surface area contributed by atoms with Crippen molar-refractivity contribution in [2.45, 2.75) is 27.3 Å². The van der Waals surface area contributed by atoms with Crippen molar-refractivity contribution in [1.29, 1.82) is 0 Å². The van der Waals surface area contributed by atoms with E-state index in [1.165, 1.54) is 16.3 Å². The Morgan fingerprint density at radius 1 is 1.09 bits per heavy atom. The third kappa shape index (κ3) is 5.56. The minimum atomic E-state index is 0.0178. The molecule has 23 heavy (non-hydrogen) atoms. The Hall–Kier alpha value is -2.08.